The molecule has 1 unspecified atom stereocenters. The summed E-state index contributed by atoms with van der Waals surface area (Å²) < 4.78 is 15.2. The molecular weight excluding hydrogens is 345 g/mol. The van der Waals surface area contributed by atoms with E-state index >= 15 is 0 Å². The van der Waals surface area contributed by atoms with E-state index in [0.717, 1.165) is 6.42 Å². The second-order valence-corrected chi connectivity index (χ2v) is 11.5. The average Bonchev–Trinajstić information content (AvgIpc) is 3.17. The predicted octanol–water partition coefficient (Wildman–Crippen LogP) is 3.94. The zero-order valence-electron chi connectivity index (χ0n) is 14.4. The van der Waals surface area contributed by atoms with Crippen LogP contribution >= 0.6 is 18.7 Å². The first-order chi connectivity index (χ1) is 11.2. The van der Waals surface area contributed by atoms with E-state index in [4.69, 9.17) is 17.3 Å². The highest BCUT2D eigenvalue weighted by Gasteiger charge is 2.48. The Morgan fingerprint density at radius 2 is 2.04 bits per heavy atom. The van der Waals surface area contributed by atoms with Crippen LogP contribution in [0, 0.1) is 0 Å². The molecule has 0 aromatic carbocycles. The molecule has 1 aliphatic carbocycles. The van der Waals surface area contributed by atoms with E-state index in [1.165, 1.54) is 5.57 Å². The second-order valence-electron chi connectivity index (χ2n) is 6.89. The van der Waals surface area contributed by atoms with Crippen molar-refractivity contribution in [3.8, 4) is 0 Å². The number of nitrogens with two attached hydrogens (primary N) is 1. The molecular formula is C16H23ClN5OP. The fourth-order valence-electron chi connectivity index (χ4n) is 3.38. The summed E-state index contributed by atoms with van der Waals surface area (Å²) >= 11 is 6.04. The minimum Gasteiger partial charge on any atom is -0.368 e. The van der Waals surface area contributed by atoms with Gasteiger partial charge in [0.25, 0.3) is 0 Å². The lowest BCUT2D eigenvalue weighted by molar-refractivity contribution is 0.560. The molecule has 8 heteroatoms. The van der Waals surface area contributed by atoms with Gasteiger partial charge in [0, 0.05) is 23.5 Å². The molecule has 2 N–H and O–H groups in total. The maximum atomic E-state index is 13.3. The molecule has 2 aromatic heterocycles. The summed E-state index contributed by atoms with van der Waals surface area (Å²) in [5.41, 5.74) is 8.78. The van der Waals surface area contributed by atoms with Gasteiger partial charge in [-0.05, 0) is 6.42 Å². The maximum absolute atomic E-state index is 13.3. The van der Waals surface area contributed by atoms with Gasteiger partial charge in [-0.3, -0.25) is 0 Å². The van der Waals surface area contributed by atoms with E-state index in [2.05, 4.69) is 48.7 Å². The molecule has 0 spiro atoms. The number of rotatable bonds is 5. The van der Waals surface area contributed by atoms with Crippen LogP contribution in [0.5, 0.6) is 0 Å². The normalized spacial score (nSPS) is 19.8. The number of hydrogen-bond donors (Lipinski definition) is 1. The van der Waals surface area contributed by atoms with Crippen molar-refractivity contribution in [2.45, 2.75) is 57.6 Å². The summed E-state index contributed by atoms with van der Waals surface area (Å²) in [5.74, 6) is 0.135. The Morgan fingerprint density at radius 1 is 1.38 bits per heavy atom. The van der Waals surface area contributed by atoms with Crippen LogP contribution in [0.15, 0.2) is 18.0 Å². The minimum atomic E-state index is -2.21. The van der Waals surface area contributed by atoms with Gasteiger partial charge >= 0.3 is 0 Å². The summed E-state index contributed by atoms with van der Waals surface area (Å²) in [4.78, 5) is 12.4. The molecule has 2 aromatic rings. The first-order valence-electron chi connectivity index (χ1n) is 8.17. The molecule has 1 atom stereocenters. The van der Waals surface area contributed by atoms with E-state index in [1.54, 1.807) is 6.33 Å². The van der Waals surface area contributed by atoms with Crippen molar-refractivity contribution in [3.63, 3.8) is 0 Å². The van der Waals surface area contributed by atoms with Gasteiger partial charge in [0.05, 0.1) is 13.5 Å². The maximum Gasteiger partial charge on any atom is 0.223 e. The summed E-state index contributed by atoms with van der Waals surface area (Å²) in [6.45, 7) is 8.90. The standard InChI is InChI=1S/C16H23ClN5OP/c1-9(2)24(23,10(3)4)12-7-11(12)5-6-22-8-19-13-14(17)20-16(18)21-15(13)22/h5,8-10,12H,6-7H2,1-4H3,(H2,18,20,21)/b11-5+. The Kier molecular flexibility index (Phi) is 4.47. The van der Waals surface area contributed by atoms with Crippen LogP contribution in [0.4, 0.5) is 5.95 Å². The number of fused-ring (bicyclic) bond motifs is 1. The average molecular weight is 368 g/mol. The first-order valence-corrected chi connectivity index (χ1v) is 10.5. The largest absolute Gasteiger partial charge is 0.368 e. The Balaban J connectivity index is 1.83. The Bertz CT molecular complexity index is 846. The summed E-state index contributed by atoms with van der Waals surface area (Å²) in [6.07, 6.45) is 4.75. The van der Waals surface area contributed by atoms with Gasteiger partial charge in [0.2, 0.25) is 5.95 Å². The molecule has 130 valence electrons. The molecule has 1 aliphatic rings. The molecule has 1 fully saturated rings. The minimum absolute atomic E-state index is 0.135. The summed E-state index contributed by atoms with van der Waals surface area (Å²) in [5, 5.41) is 0.261. The van der Waals surface area contributed by atoms with Gasteiger partial charge in [0.1, 0.15) is 5.52 Å². The van der Waals surface area contributed by atoms with Gasteiger partial charge in [-0.2, -0.15) is 9.97 Å². The molecule has 0 radical (unpaired) electrons. The van der Waals surface area contributed by atoms with Crippen LogP contribution < -0.4 is 5.73 Å². The fourth-order valence-corrected chi connectivity index (χ4v) is 7.35. The van der Waals surface area contributed by atoms with Crippen LogP contribution in [0.1, 0.15) is 34.1 Å². The summed E-state index contributed by atoms with van der Waals surface area (Å²) in [7, 11) is -2.21. The number of nitrogens with zero attached hydrogens (tertiary/aromatic N) is 4. The molecule has 24 heavy (non-hydrogen) atoms. The van der Waals surface area contributed by atoms with Crippen LogP contribution in [-0.2, 0) is 11.1 Å². The molecule has 0 bridgehead atoms. The van der Waals surface area contributed by atoms with Crippen molar-refractivity contribution in [2.24, 2.45) is 0 Å². The highest BCUT2D eigenvalue weighted by molar-refractivity contribution is 7.66. The van der Waals surface area contributed by atoms with Gasteiger partial charge in [-0.1, -0.05) is 50.9 Å². The third kappa shape index (κ3) is 2.86. The van der Waals surface area contributed by atoms with Crippen LogP contribution in [0.3, 0.4) is 0 Å². The van der Waals surface area contributed by atoms with Gasteiger partial charge in [-0.15, -0.1) is 0 Å². The number of imidazole rings is 1. The molecule has 6 nitrogen and oxygen atoms in total. The Hall–Kier alpha value is -1.39. The lowest BCUT2D eigenvalue weighted by Gasteiger charge is -2.25. The van der Waals surface area contributed by atoms with Crippen molar-refractivity contribution < 1.29 is 4.57 Å². The Morgan fingerprint density at radius 3 is 2.67 bits per heavy atom. The lowest BCUT2D eigenvalue weighted by atomic mass is 10.4. The summed E-state index contributed by atoms with van der Waals surface area (Å²) in [6, 6.07) is 0. The van der Waals surface area contributed by atoms with Crippen LogP contribution in [0.2, 0.25) is 5.15 Å². The van der Waals surface area contributed by atoms with E-state index in [0.29, 0.717) is 17.7 Å². The van der Waals surface area contributed by atoms with Crippen molar-refractivity contribution >= 4 is 35.9 Å². The first kappa shape index (κ1) is 17.4. The van der Waals surface area contributed by atoms with Gasteiger partial charge < -0.3 is 14.9 Å². The second kappa shape index (κ2) is 6.16. The highest BCUT2D eigenvalue weighted by atomic mass is 35.5. The van der Waals surface area contributed by atoms with E-state index in [-0.39, 0.29) is 28.1 Å². The van der Waals surface area contributed by atoms with Gasteiger partial charge in [-0.25, -0.2) is 4.98 Å². The SMILES string of the molecule is CC(C)P(=O)(C(C)C)C1C/C1=C\Cn1cnc2c(Cl)nc(N)nc21. The number of anilines is 1. The van der Waals surface area contributed by atoms with Crippen molar-refractivity contribution in [2.75, 3.05) is 5.73 Å². The van der Waals surface area contributed by atoms with Crippen LogP contribution in [0.25, 0.3) is 11.2 Å². The number of hydrogen-bond acceptors (Lipinski definition) is 5. The fraction of sp³-hybridized carbons (Fsp3) is 0.562. The molecule has 0 aliphatic heterocycles. The molecule has 3 rings (SSSR count). The lowest BCUT2D eigenvalue weighted by Crippen LogP contribution is -2.12. The number of aromatic nitrogens is 4. The number of nitrogen functional groups attached to an aromatic ring is 1. The molecule has 1 saturated carbocycles. The quantitative estimate of drug-likeness (QED) is 0.491. The Labute approximate surface area is 146 Å². The van der Waals surface area contributed by atoms with Crippen LogP contribution in [-0.4, -0.2) is 36.5 Å². The molecule has 0 amide bonds. The zero-order valence-corrected chi connectivity index (χ0v) is 16.1. The number of allylic oxidation sites excluding steroid dienone is 2. The van der Waals surface area contributed by atoms with Crippen molar-refractivity contribution in [1.29, 1.82) is 0 Å². The zero-order chi connectivity index (χ0) is 17.6. The van der Waals surface area contributed by atoms with E-state index in [9.17, 15) is 4.57 Å². The van der Waals surface area contributed by atoms with Crippen molar-refractivity contribution in [3.05, 3.63) is 23.1 Å². The van der Waals surface area contributed by atoms with E-state index in [1.807, 2.05) is 4.57 Å². The smallest absolute Gasteiger partial charge is 0.223 e. The van der Waals surface area contributed by atoms with E-state index < -0.39 is 7.14 Å². The third-order valence-electron chi connectivity index (χ3n) is 4.79. The topological polar surface area (TPSA) is 86.7 Å². The highest BCUT2D eigenvalue weighted by Crippen LogP contribution is 2.69. The predicted molar refractivity (Wildman–Crippen MR) is 99.1 cm³/mol. The number of halogens is 1. The third-order valence-corrected chi connectivity index (χ3v) is 9.77. The van der Waals surface area contributed by atoms with Gasteiger partial charge in [0.15, 0.2) is 10.8 Å². The molecule has 0 saturated heterocycles. The monoisotopic (exact) mass is 367 g/mol. The van der Waals surface area contributed by atoms with Crippen molar-refractivity contribution in [1.82, 2.24) is 19.5 Å². The molecule has 2 heterocycles.